The highest BCUT2D eigenvalue weighted by atomic mass is 79.9. The van der Waals surface area contributed by atoms with E-state index in [2.05, 4.69) is 28.0 Å². The van der Waals surface area contributed by atoms with Crippen molar-refractivity contribution in [3.63, 3.8) is 0 Å². The van der Waals surface area contributed by atoms with Crippen LogP contribution in [0, 0.1) is 13.8 Å². The molecule has 84 valence electrons. The fourth-order valence-corrected chi connectivity index (χ4v) is 2.09. The van der Waals surface area contributed by atoms with Gasteiger partial charge in [-0.2, -0.15) is 5.10 Å². The highest BCUT2D eigenvalue weighted by Crippen LogP contribution is 2.25. The lowest BCUT2D eigenvalue weighted by atomic mass is 10.1. The Balaban J connectivity index is 3.01. The SMILES string of the molecule is CCC(CC(N)=S)n1nc(C)c(Br)c1C. The second-order valence-electron chi connectivity index (χ2n) is 3.66. The Morgan fingerprint density at radius 3 is 2.53 bits per heavy atom. The van der Waals surface area contributed by atoms with E-state index in [1.54, 1.807) is 0 Å². The molecule has 1 aromatic rings. The highest BCUT2D eigenvalue weighted by Gasteiger charge is 2.16. The second kappa shape index (κ2) is 5.07. The molecule has 0 aromatic carbocycles. The van der Waals surface area contributed by atoms with Gasteiger partial charge in [-0.15, -0.1) is 0 Å². The first-order chi connectivity index (χ1) is 6.97. The van der Waals surface area contributed by atoms with Crippen molar-refractivity contribution < 1.29 is 0 Å². The van der Waals surface area contributed by atoms with E-state index in [-0.39, 0.29) is 6.04 Å². The lowest BCUT2D eigenvalue weighted by Crippen LogP contribution is -2.19. The van der Waals surface area contributed by atoms with Crippen LogP contribution in [0.4, 0.5) is 0 Å². The number of aryl methyl sites for hydroxylation is 1. The van der Waals surface area contributed by atoms with E-state index in [1.807, 2.05) is 18.5 Å². The Morgan fingerprint density at radius 2 is 2.20 bits per heavy atom. The second-order valence-corrected chi connectivity index (χ2v) is 4.98. The average Bonchev–Trinajstić information content (AvgIpc) is 2.42. The molecule has 0 bridgehead atoms. The Bertz CT molecular complexity index is 373. The van der Waals surface area contributed by atoms with E-state index in [0.717, 1.165) is 22.3 Å². The van der Waals surface area contributed by atoms with Crippen LogP contribution in [0.25, 0.3) is 0 Å². The zero-order valence-electron chi connectivity index (χ0n) is 9.25. The van der Waals surface area contributed by atoms with Crippen molar-refractivity contribution in [2.24, 2.45) is 5.73 Å². The molecular formula is C10H16BrN3S. The van der Waals surface area contributed by atoms with Crippen LogP contribution in [-0.2, 0) is 0 Å². The summed E-state index contributed by atoms with van der Waals surface area (Å²) in [6.07, 6.45) is 1.69. The number of thiocarbonyl (C=S) groups is 1. The third-order valence-corrected chi connectivity index (χ3v) is 3.80. The van der Waals surface area contributed by atoms with Gasteiger partial charge in [0.15, 0.2) is 0 Å². The van der Waals surface area contributed by atoms with Gasteiger partial charge < -0.3 is 5.73 Å². The molecule has 3 nitrogen and oxygen atoms in total. The van der Waals surface area contributed by atoms with Crippen LogP contribution in [0.3, 0.4) is 0 Å². The minimum Gasteiger partial charge on any atom is -0.393 e. The van der Waals surface area contributed by atoms with Gasteiger partial charge in [0, 0.05) is 6.42 Å². The number of aromatic nitrogens is 2. The smallest absolute Gasteiger partial charge is 0.0748 e. The van der Waals surface area contributed by atoms with Gasteiger partial charge in [0.1, 0.15) is 0 Å². The molecule has 0 amide bonds. The molecule has 1 aromatic heterocycles. The molecular weight excluding hydrogens is 274 g/mol. The third-order valence-electron chi connectivity index (χ3n) is 2.49. The van der Waals surface area contributed by atoms with Crippen LogP contribution in [0.1, 0.15) is 37.2 Å². The maximum Gasteiger partial charge on any atom is 0.0748 e. The maximum absolute atomic E-state index is 5.58. The van der Waals surface area contributed by atoms with Gasteiger partial charge >= 0.3 is 0 Å². The van der Waals surface area contributed by atoms with Gasteiger partial charge in [0.05, 0.1) is 26.9 Å². The number of hydrogen-bond donors (Lipinski definition) is 1. The van der Waals surface area contributed by atoms with Crippen LogP contribution in [0.2, 0.25) is 0 Å². The summed E-state index contributed by atoms with van der Waals surface area (Å²) >= 11 is 8.46. The van der Waals surface area contributed by atoms with Crippen LogP contribution < -0.4 is 5.73 Å². The van der Waals surface area contributed by atoms with Gasteiger partial charge in [-0.1, -0.05) is 19.1 Å². The molecule has 2 N–H and O–H groups in total. The standard InChI is InChI=1S/C10H16BrN3S/c1-4-8(5-9(12)15)14-7(3)10(11)6(2)13-14/h8H,4-5H2,1-3H3,(H2,12,15). The van der Waals surface area contributed by atoms with Crippen molar-refractivity contribution in [2.45, 2.75) is 39.7 Å². The number of nitrogens with zero attached hydrogens (tertiary/aromatic N) is 2. The number of nitrogens with two attached hydrogens (primary N) is 1. The van der Waals surface area contributed by atoms with Gasteiger partial charge in [0.25, 0.3) is 0 Å². The van der Waals surface area contributed by atoms with Crippen molar-refractivity contribution in [3.8, 4) is 0 Å². The summed E-state index contributed by atoms with van der Waals surface area (Å²) in [4.78, 5) is 0.547. The molecule has 0 radical (unpaired) electrons. The topological polar surface area (TPSA) is 43.8 Å². The molecule has 1 rings (SSSR count). The molecule has 1 atom stereocenters. The molecule has 0 aliphatic heterocycles. The highest BCUT2D eigenvalue weighted by molar-refractivity contribution is 9.10. The first-order valence-electron chi connectivity index (χ1n) is 4.96. The quantitative estimate of drug-likeness (QED) is 0.867. The molecule has 0 aliphatic carbocycles. The summed E-state index contributed by atoms with van der Waals surface area (Å²) in [5, 5.41) is 4.49. The molecule has 0 saturated heterocycles. The van der Waals surface area contributed by atoms with E-state index >= 15 is 0 Å². The normalized spacial score (nSPS) is 12.8. The van der Waals surface area contributed by atoms with Crippen LogP contribution in [-0.4, -0.2) is 14.8 Å². The van der Waals surface area contributed by atoms with Crippen LogP contribution in [0.5, 0.6) is 0 Å². The van der Waals surface area contributed by atoms with E-state index in [4.69, 9.17) is 18.0 Å². The lowest BCUT2D eigenvalue weighted by molar-refractivity contribution is 0.443. The molecule has 0 spiro atoms. The summed E-state index contributed by atoms with van der Waals surface area (Å²) in [6, 6.07) is 0.271. The van der Waals surface area contributed by atoms with Gasteiger partial charge in [0.2, 0.25) is 0 Å². The number of halogens is 1. The van der Waals surface area contributed by atoms with Crippen molar-refractivity contribution in [1.82, 2.24) is 9.78 Å². The predicted octanol–water partition coefficient (Wildman–Crippen LogP) is 2.89. The van der Waals surface area contributed by atoms with Crippen molar-refractivity contribution in [2.75, 3.05) is 0 Å². The van der Waals surface area contributed by atoms with Crippen molar-refractivity contribution in [1.29, 1.82) is 0 Å². The Labute approximate surface area is 104 Å². The Kier molecular flexibility index (Phi) is 4.28. The van der Waals surface area contributed by atoms with Crippen LogP contribution >= 0.6 is 28.1 Å². The monoisotopic (exact) mass is 289 g/mol. The summed E-state index contributed by atoms with van der Waals surface area (Å²) in [5.41, 5.74) is 7.72. The van der Waals surface area contributed by atoms with E-state index < -0.39 is 0 Å². The molecule has 1 heterocycles. The van der Waals surface area contributed by atoms with Crippen molar-refractivity contribution >= 4 is 33.1 Å². The minimum atomic E-state index is 0.271. The Hall–Kier alpha value is -0.420. The van der Waals surface area contributed by atoms with E-state index in [9.17, 15) is 0 Å². The summed E-state index contributed by atoms with van der Waals surface area (Å²) in [6.45, 7) is 6.15. The fraction of sp³-hybridized carbons (Fsp3) is 0.600. The van der Waals surface area contributed by atoms with Crippen molar-refractivity contribution in [3.05, 3.63) is 15.9 Å². The summed E-state index contributed by atoms with van der Waals surface area (Å²) < 4.78 is 3.09. The zero-order valence-corrected chi connectivity index (χ0v) is 11.7. The van der Waals surface area contributed by atoms with Crippen LogP contribution in [0.15, 0.2) is 4.47 Å². The average molecular weight is 290 g/mol. The lowest BCUT2D eigenvalue weighted by Gasteiger charge is -2.16. The zero-order chi connectivity index (χ0) is 11.6. The fourth-order valence-electron chi connectivity index (χ4n) is 1.63. The molecule has 0 aliphatic rings. The largest absolute Gasteiger partial charge is 0.393 e. The van der Waals surface area contributed by atoms with Gasteiger partial charge in [-0.3, -0.25) is 4.68 Å². The summed E-state index contributed by atoms with van der Waals surface area (Å²) in [7, 11) is 0. The molecule has 0 saturated carbocycles. The Morgan fingerprint density at radius 1 is 1.60 bits per heavy atom. The predicted molar refractivity (Wildman–Crippen MR) is 70.1 cm³/mol. The first kappa shape index (κ1) is 12.6. The van der Waals surface area contributed by atoms with E-state index in [0.29, 0.717) is 11.4 Å². The molecule has 1 unspecified atom stereocenters. The number of rotatable bonds is 4. The maximum atomic E-state index is 5.58. The first-order valence-corrected chi connectivity index (χ1v) is 6.17. The number of hydrogen-bond acceptors (Lipinski definition) is 2. The molecule has 5 heteroatoms. The minimum absolute atomic E-state index is 0.271. The molecule has 15 heavy (non-hydrogen) atoms. The van der Waals surface area contributed by atoms with E-state index in [1.165, 1.54) is 0 Å². The molecule has 0 fully saturated rings. The summed E-state index contributed by atoms with van der Waals surface area (Å²) in [5.74, 6) is 0. The van der Waals surface area contributed by atoms with Gasteiger partial charge in [-0.05, 0) is 36.2 Å². The van der Waals surface area contributed by atoms with Gasteiger partial charge in [-0.25, -0.2) is 0 Å². The third kappa shape index (κ3) is 2.78.